The van der Waals surface area contributed by atoms with Gasteiger partial charge in [0.15, 0.2) is 0 Å². The van der Waals surface area contributed by atoms with Crippen LogP contribution in [0.1, 0.15) is 24.5 Å². The molecule has 120 valence electrons. The highest BCUT2D eigenvalue weighted by molar-refractivity contribution is 5.89. The minimum atomic E-state index is -0.459. The maximum absolute atomic E-state index is 12.2. The summed E-state index contributed by atoms with van der Waals surface area (Å²) >= 11 is 0. The lowest BCUT2D eigenvalue weighted by Gasteiger charge is -2.34. The Morgan fingerprint density at radius 3 is 2.57 bits per heavy atom. The van der Waals surface area contributed by atoms with Gasteiger partial charge in [0, 0.05) is 19.3 Å². The Hall–Kier alpha value is -2.40. The molecule has 1 aromatic carbocycles. The number of aromatic nitrogens is 1. The molecule has 23 heavy (non-hydrogen) atoms. The molecule has 1 aromatic heterocycles. The molecule has 0 bridgehead atoms. The van der Waals surface area contributed by atoms with Crippen molar-refractivity contribution >= 4 is 11.7 Å². The first-order valence-corrected chi connectivity index (χ1v) is 7.93. The summed E-state index contributed by atoms with van der Waals surface area (Å²) in [7, 11) is 0. The molecule has 1 aliphatic heterocycles. The van der Waals surface area contributed by atoms with E-state index in [9.17, 15) is 9.90 Å². The molecule has 5 nitrogen and oxygen atoms in total. The van der Waals surface area contributed by atoms with Gasteiger partial charge in [-0.25, -0.2) is 4.79 Å². The standard InChI is InChI=1S/C18H21N3O2/c22-17(14-5-2-1-3-6-14)15-8-11-21(12-9-15)18(23)20-16-7-4-10-19-13-16/h1-7,10,13,15,17,22H,8-9,11-12H2,(H,20,23). The summed E-state index contributed by atoms with van der Waals surface area (Å²) in [5.41, 5.74) is 1.65. The van der Waals surface area contributed by atoms with Gasteiger partial charge in [-0.1, -0.05) is 30.3 Å². The van der Waals surface area contributed by atoms with E-state index in [0.29, 0.717) is 18.8 Å². The number of benzene rings is 1. The number of rotatable bonds is 3. The molecule has 1 saturated heterocycles. The molecule has 0 radical (unpaired) electrons. The van der Waals surface area contributed by atoms with E-state index in [1.54, 1.807) is 23.4 Å². The summed E-state index contributed by atoms with van der Waals surface area (Å²) < 4.78 is 0. The van der Waals surface area contributed by atoms with Crippen LogP contribution in [0.2, 0.25) is 0 Å². The molecule has 0 saturated carbocycles. The Balaban J connectivity index is 1.53. The molecule has 1 atom stereocenters. The van der Waals surface area contributed by atoms with Gasteiger partial charge in [-0.2, -0.15) is 0 Å². The second-order valence-corrected chi connectivity index (χ2v) is 5.85. The van der Waals surface area contributed by atoms with E-state index in [1.165, 1.54) is 0 Å². The van der Waals surface area contributed by atoms with Crippen molar-refractivity contribution < 1.29 is 9.90 Å². The molecular formula is C18H21N3O2. The van der Waals surface area contributed by atoms with Gasteiger partial charge >= 0.3 is 6.03 Å². The number of anilines is 1. The zero-order valence-corrected chi connectivity index (χ0v) is 12.9. The fourth-order valence-corrected chi connectivity index (χ4v) is 2.98. The highest BCUT2D eigenvalue weighted by Crippen LogP contribution is 2.30. The van der Waals surface area contributed by atoms with Gasteiger partial charge in [-0.3, -0.25) is 4.98 Å². The van der Waals surface area contributed by atoms with Crippen LogP contribution in [0.25, 0.3) is 0 Å². The smallest absolute Gasteiger partial charge is 0.321 e. The van der Waals surface area contributed by atoms with Crippen molar-refractivity contribution in [3.05, 3.63) is 60.4 Å². The van der Waals surface area contributed by atoms with E-state index >= 15 is 0 Å². The first-order chi connectivity index (χ1) is 11.2. The van der Waals surface area contributed by atoms with Gasteiger partial charge < -0.3 is 15.3 Å². The number of nitrogens with one attached hydrogen (secondary N) is 1. The lowest BCUT2D eigenvalue weighted by Crippen LogP contribution is -2.42. The molecule has 0 spiro atoms. The van der Waals surface area contributed by atoms with E-state index in [4.69, 9.17) is 0 Å². The molecule has 5 heteroatoms. The number of aliphatic hydroxyl groups is 1. The number of carbonyl (C=O) groups excluding carboxylic acids is 1. The molecule has 2 amide bonds. The molecule has 1 unspecified atom stereocenters. The number of likely N-dealkylation sites (tertiary alicyclic amines) is 1. The van der Waals surface area contributed by atoms with Crippen LogP contribution in [-0.4, -0.2) is 34.1 Å². The molecule has 2 heterocycles. The number of pyridine rings is 1. The lowest BCUT2D eigenvalue weighted by atomic mass is 9.87. The Labute approximate surface area is 136 Å². The number of nitrogens with zero attached hydrogens (tertiary/aromatic N) is 2. The maximum atomic E-state index is 12.2. The highest BCUT2D eigenvalue weighted by Gasteiger charge is 2.28. The van der Waals surface area contributed by atoms with E-state index in [2.05, 4.69) is 10.3 Å². The number of hydrogen-bond donors (Lipinski definition) is 2. The first kappa shape index (κ1) is 15.5. The summed E-state index contributed by atoms with van der Waals surface area (Å²) in [4.78, 5) is 18.0. The maximum Gasteiger partial charge on any atom is 0.321 e. The average Bonchev–Trinajstić information content (AvgIpc) is 2.63. The lowest BCUT2D eigenvalue weighted by molar-refractivity contribution is 0.0683. The van der Waals surface area contributed by atoms with Gasteiger partial charge in [-0.15, -0.1) is 0 Å². The number of carbonyl (C=O) groups is 1. The van der Waals surface area contributed by atoms with Gasteiger partial charge in [-0.05, 0) is 36.5 Å². The van der Waals surface area contributed by atoms with E-state index in [1.807, 2.05) is 36.4 Å². The van der Waals surface area contributed by atoms with Gasteiger partial charge in [0.2, 0.25) is 0 Å². The fraction of sp³-hybridized carbons (Fsp3) is 0.333. The van der Waals surface area contributed by atoms with Crippen LogP contribution in [0.15, 0.2) is 54.9 Å². The summed E-state index contributed by atoms with van der Waals surface area (Å²) in [6.45, 7) is 1.31. The largest absolute Gasteiger partial charge is 0.388 e. The van der Waals surface area contributed by atoms with Crippen LogP contribution in [0.4, 0.5) is 10.5 Å². The number of aliphatic hydroxyl groups excluding tert-OH is 1. The first-order valence-electron chi connectivity index (χ1n) is 7.93. The third kappa shape index (κ3) is 3.87. The van der Waals surface area contributed by atoms with Crippen LogP contribution in [0.5, 0.6) is 0 Å². The van der Waals surface area contributed by atoms with E-state index in [0.717, 1.165) is 18.4 Å². The van der Waals surface area contributed by atoms with Crippen molar-refractivity contribution in [3.63, 3.8) is 0 Å². The van der Waals surface area contributed by atoms with Gasteiger partial charge in [0.1, 0.15) is 0 Å². The highest BCUT2D eigenvalue weighted by atomic mass is 16.3. The normalized spacial score (nSPS) is 16.8. The Morgan fingerprint density at radius 1 is 1.17 bits per heavy atom. The summed E-state index contributed by atoms with van der Waals surface area (Å²) in [6, 6.07) is 13.2. The SMILES string of the molecule is O=C(Nc1cccnc1)N1CCC(C(O)c2ccccc2)CC1. The predicted molar refractivity (Wildman–Crippen MR) is 89.0 cm³/mol. The van der Waals surface area contributed by atoms with E-state index < -0.39 is 6.10 Å². The van der Waals surface area contributed by atoms with Crippen molar-refractivity contribution in [1.29, 1.82) is 0 Å². The van der Waals surface area contributed by atoms with Gasteiger partial charge in [0.05, 0.1) is 18.0 Å². The summed E-state index contributed by atoms with van der Waals surface area (Å²) in [5, 5.41) is 13.3. The molecule has 2 aromatic rings. The second-order valence-electron chi connectivity index (χ2n) is 5.85. The number of piperidine rings is 1. The monoisotopic (exact) mass is 311 g/mol. The average molecular weight is 311 g/mol. The van der Waals surface area contributed by atoms with Crippen molar-refractivity contribution in [1.82, 2.24) is 9.88 Å². The van der Waals surface area contributed by atoms with Gasteiger partial charge in [0.25, 0.3) is 0 Å². The zero-order valence-electron chi connectivity index (χ0n) is 12.9. The van der Waals surface area contributed by atoms with Crippen molar-refractivity contribution in [3.8, 4) is 0 Å². The number of hydrogen-bond acceptors (Lipinski definition) is 3. The Kier molecular flexibility index (Phi) is 4.88. The molecule has 2 N–H and O–H groups in total. The molecule has 1 aliphatic rings. The van der Waals surface area contributed by atoms with Crippen LogP contribution in [-0.2, 0) is 0 Å². The Morgan fingerprint density at radius 2 is 1.91 bits per heavy atom. The minimum Gasteiger partial charge on any atom is -0.388 e. The van der Waals surface area contributed by atoms with Crippen LogP contribution < -0.4 is 5.32 Å². The Bertz CT molecular complexity index is 625. The third-order valence-corrected chi connectivity index (χ3v) is 4.33. The number of urea groups is 1. The van der Waals surface area contributed by atoms with E-state index in [-0.39, 0.29) is 11.9 Å². The van der Waals surface area contributed by atoms with Crippen LogP contribution >= 0.6 is 0 Å². The zero-order chi connectivity index (χ0) is 16.1. The molecule has 0 aliphatic carbocycles. The quantitative estimate of drug-likeness (QED) is 0.915. The van der Waals surface area contributed by atoms with Crippen molar-refractivity contribution in [2.24, 2.45) is 5.92 Å². The van der Waals surface area contributed by atoms with Crippen molar-refractivity contribution in [2.75, 3.05) is 18.4 Å². The van der Waals surface area contributed by atoms with Crippen LogP contribution in [0.3, 0.4) is 0 Å². The fourth-order valence-electron chi connectivity index (χ4n) is 2.98. The summed E-state index contributed by atoms with van der Waals surface area (Å²) in [5.74, 6) is 0.194. The second kappa shape index (κ2) is 7.24. The summed E-state index contributed by atoms with van der Waals surface area (Å²) in [6.07, 6.45) is 4.45. The van der Waals surface area contributed by atoms with Crippen molar-refractivity contribution in [2.45, 2.75) is 18.9 Å². The predicted octanol–water partition coefficient (Wildman–Crippen LogP) is 3.06. The molecule has 1 fully saturated rings. The third-order valence-electron chi connectivity index (χ3n) is 4.33. The topological polar surface area (TPSA) is 65.5 Å². The number of amides is 2. The molecule has 3 rings (SSSR count). The molecular weight excluding hydrogens is 290 g/mol. The minimum absolute atomic E-state index is 0.106. The van der Waals surface area contributed by atoms with Crippen LogP contribution in [0, 0.1) is 5.92 Å².